The molecule has 0 aromatic heterocycles. The zero-order valence-electron chi connectivity index (χ0n) is 6.13. The lowest BCUT2D eigenvalue weighted by Gasteiger charge is -2.21. The average Bonchev–Trinajstić information content (AvgIpc) is 1.92. The van der Waals surface area contributed by atoms with Gasteiger partial charge < -0.3 is 5.11 Å². The smallest absolute Gasteiger partial charge is 0.339 e. The lowest BCUT2D eigenvalue weighted by molar-refractivity contribution is -0.318. The first-order chi connectivity index (χ1) is 4.63. The molecule has 0 spiro atoms. The molecule has 0 atom stereocenters. The van der Waals surface area contributed by atoms with Crippen molar-refractivity contribution in [2.75, 3.05) is 0 Å². The zero-order valence-corrected chi connectivity index (χ0v) is 6.13. The predicted octanol–water partition coefficient (Wildman–Crippen LogP) is 1.12. The van der Waals surface area contributed by atoms with Gasteiger partial charge in [-0.3, -0.25) is 5.26 Å². The maximum absolute atomic E-state index is 10.4. The van der Waals surface area contributed by atoms with E-state index >= 15 is 0 Å². The first kappa shape index (κ1) is 9.39. The molecule has 0 aromatic carbocycles. The van der Waals surface area contributed by atoms with E-state index in [0.29, 0.717) is 0 Å². The van der Waals surface area contributed by atoms with Crippen molar-refractivity contribution in [2.45, 2.75) is 32.3 Å². The molecule has 0 amide bonds. The highest BCUT2D eigenvalue weighted by molar-refractivity contribution is 5.77. The van der Waals surface area contributed by atoms with Gasteiger partial charge in [0.15, 0.2) is 5.60 Å². The third kappa shape index (κ3) is 1.46. The molecule has 4 heteroatoms. The number of hydrogen-bond acceptors (Lipinski definition) is 3. The van der Waals surface area contributed by atoms with E-state index in [0.717, 1.165) is 0 Å². The lowest BCUT2D eigenvalue weighted by atomic mass is 9.98. The van der Waals surface area contributed by atoms with Crippen molar-refractivity contribution in [3.8, 4) is 0 Å². The standard InChI is InChI=1S/C6H12O4/c1-3-6(4-2,10-9)5(7)8/h9H,3-4H2,1-2H3,(H,7,8). The van der Waals surface area contributed by atoms with Crippen LogP contribution in [0.25, 0.3) is 0 Å². The van der Waals surface area contributed by atoms with Crippen LogP contribution < -0.4 is 0 Å². The molecule has 0 saturated carbocycles. The van der Waals surface area contributed by atoms with Gasteiger partial charge in [0.1, 0.15) is 0 Å². The van der Waals surface area contributed by atoms with Gasteiger partial charge in [0.2, 0.25) is 0 Å². The zero-order chi connectivity index (χ0) is 8.20. The number of hydrogen-bond donors (Lipinski definition) is 2. The van der Waals surface area contributed by atoms with Gasteiger partial charge in [-0.15, -0.1) is 0 Å². The summed E-state index contributed by atoms with van der Waals surface area (Å²) in [6.45, 7) is 3.29. The summed E-state index contributed by atoms with van der Waals surface area (Å²) in [5.74, 6) is -1.12. The summed E-state index contributed by atoms with van der Waals surface area (Å²) >= 11 is 0. The average molecular weight is 148 g/mol. The molecule has 2 N–H and O–H groups in total. The van der Waals surface area contributed by atoms with Crippen molar-refractivity contribution in [1.29, 1.82) is 0 Å². The Kier molecular flexibility index (Phi) is 3.32. The first-order valence-corrected chi connectivity index (χ1v) is 3.19. The largest absolute Gasteiger partial charge is 0.479 e. The molecule has 0 rings (SSSR count). The van der Waals surface area contributed by atoms with Gasteiger partial charge in [0, 0.05) is 0 Å². The molecule has 0 aliphatic rings. The van der Waals surface area contributed by atoms with E-state index in [-0.39, 0.29) is 12.8 Å². The van der Waals surface area contributed by atoms with Crippen LogP contribution in [0.2, 0.25) is 0 Å². The fourth-order valence-corrected chi connectivity index (χ4v) is 0.721. The van der Waals surface area contributed by atoms with Gasteiger partial charge in [-0.05, 0) is 12.8 Å². The minimum atomic E-state index is -1.40. The fraction of sp³-hybridized carbons (Fsp3) is 0.833. The molecule has 0 saturated heterocycles. The van der Waals surface area contributed by atoms with Crippen LogP contribution in [0.5, 0.6) is 0 Å². The van der Waals surface area contributed by atoms with Crippen LogP contribution in [-0.2, 0) is 9.68 Å². The highest BCUT2D eigenvalue weighted by atomic mass is 17.1. The molecule has 0 bridgehead atoms. The first-order valence-electron chi connectivity index (χ1n) is 3.19. The minimum absolute atomic E-state index is 0.259. The Morgan fingerprint density at radius 2 is 1.90 bits per heavy atom. The molecule has 0 unspecified atom stereocenters. The van der Waals surface area contributed by atoms with Gasteiger partial charge in [-0.1, -0.05) is 13.8 Å². The summed E-state index contributed by atoms with van der Waals surface area (Å²) in [6.07, 6.45) is 0.519. The SMILES string of the molecule is CCC(CC)(OO)C(=O)O. The van der Waals surface area contributed by atoms with Gasteiger partial charge in [-0.25, -0.2) is 9.68 Å². The normalized spacial score (nSPS) is 11.5. The number of rotatable bonds is 4. The van der Waals surface area contributed by atoms with Crippen molar-refractivity contribution in [2.24, 2.45) is 0 Å². The van der Waals surface area contributed by atoms with Crippen LogP contribution in [-0.4, -0.2) is 21.9 Å². The van der Waals surface area contributed by atoms with Crippen molar-refractivity contribution in [3.63, 3.8) is 0 Å². The fourth-order valence-electron chi connectivity index (χ4n) is 0.721. The van der Waals surface area contributed by atoms with Gasteiger partial charge >= 0.3 is 5.97 Å². The molecule has 0 fully saturated rings. The molecule has 0 radical (unpaired) electrons. The third-order valence-corrected chi connectivity index (χ3v) is 1.71. The van der Waals surface area contributed by atoms with E-state index < -0.39 is 11.6 Å². The van der Waals surface area contributed by atoms with E-state index in [4.69, 9.17) is 10.4 Å². The monoisotopic (exact) mass is 148 g/mol. The van der Waals surface area contributed by atoms with Gasteiger partial charge in [0.25, 0.3) is 0 Å². The van der Waals surface area contributed by atoms with E-state index in [1.807, 2.05) is 0 Å². The van der Waals surface area contributed by atoms with Crippen LogP contribution in [0, 0.1) is 0 Å². The maximum Gasteiger partial charge on any atom is 0.339 e. The molecule has 10 heavy (non-hydrogen) atoms. The third-order valence-electron chi connectivity index (χ3n) is 1.71. The van der Waals surface area contributed by atoms with Crippen molar-refractivity contribution < 1.29 is 20.0 Å². The van der Waals surface area contributed by atoms with Crippen LogP contribution in [0.3, 0.4) is 0 Å². The van der Waals surface area contributed by atoms with Crippen LogP contribution >= 0.6 is 0 Å². The lowest BCUT2D eigenvalue weighted by Crippen LogP contribution is -2.39. The van der Waals surface area contributed by atoms with E-state index in [9.17, 15) is 4.79 Å². The Bertz CT molecular complexity index is 109. The number of carboxylic acid groups (broad SMARTS) is 1. The summed E-state index contributed by atoms with van der Waals surface area (Å²) in [4.78, 5) is 14.3. The topological polar surface area (TPSA) is 66.8 Å². The van der Waals surface area contributed by atoms with Crippen LogP contribution in [0.1, 0.15) is 26.7 Å². The quantitative estimate of drug-likeness (QED) is 0.463. The summed E-state index contributed by atoms with van der Waals surface area (Å²) in [7, 11) is 0. The Morgan fingerprint density at radius 3 is 1.90 bits per heavy atom. The van der Waals surface area contributed by atoms with Crippen molar-refractivity contribution in [3.05, 3.63) is 0 Å². The van der Waals surface area contributed by atoms with Gasteiger partial charge in [0.05, 0.1) is 0 Å². The Labute approximate surface area is 59.4 Å². The molecule has 0 aliphatic heterocycles. The molecule has 0 heterocycles. The molecule has 60 valence electrons. The van der Waals surface area contributed by atoms with Gasteiger partial charge in [-0.2, -0.15) is 0 Å². The Hall–Kier alpha value is -0.610. The van der Waals surface area contributed by atoms with E-state index in [2.05, 4.69) is 4.89 Å². The minimum Gasteiger partial charge on any atom is -0.479 e. The number of aliphatic carboxylic acids is 1. The Morgan fingerprint density at radius 1 is 1.50 bits per heavy atom. The van der Waals surface area contributed by atoms with Crippen LogP contribution in [0.15, 0.2) is 0 Å². The summed E-state index contributed by atoms with van der Waals surface area (Å²) in [5.41, 5.74) is -1.40. The molecule has 0 aromatic rings. The second-order valence-corrected chi connectivity index (χ2v) is 2.10. The Balaban J connectivity index is 4.31. The second kappa shape index (κ2) is 3.53. The molecular formula is C6H12O4. The molecular weight excluding hydrogens is 136 g/mol. The summed E-state index contributed by atoms with van der Waals surface area (Å²) in [6, 6.07) is 0. The predicted molar refractivity (Wildman–Crippen MR) is 34.7 cm³/mol. The highest BCUT2D eigenvalue weighted by Gasteiger charge is 2.36. The van der Waals surface area contributed by atoms with E-state index in [1.54, 1.807) is 13.8 Å². The molecule has 4 nitrogen and oxygen atoms in total. The van der Waals surface area contributed by atoms with Crippen molar-refractivity contribution >= 4 is 5.97 Å². The van der Waals surface area contributed by atoms with Crippen molar-refractivity contribution in [1.82, 2.24) is 0 Å². The summed E-state index contributed by atoms with van der Waals surface area (Å²) < 4.78 is 0. The van der Waals surface area contributed by atoms with Crippen LogP contribution in [0.4, 0.5) is 0 Å². The van der Waals surface area contributed by atoms with E-state index in [1.165, 1.54) is 0 Å². The summed E-state index contributed by atoms with van der Waals surface area (Å²) in [5, 5.41) is 16.8. The second-order valence-electron chi connectivity index (χ2n) is 2.10. The highest BCUT2D eigenvalue weighted by Crippen LogP contribution is 2.18. The number of carboxylic acids is 1. The molecule has 0 aliphatic carbocycles. The maximum atomic E-state index is 10.4. The number of carbonyl (C=O) groups is 1.